The summed E-state index contributed by atoms with van der Waals surface area (Å²) >= 11 is 0. The quantitative estimate of drug-likeness (QED) is 0.698. The summed E-state index contributed by atoms with van der Waals surface area (Å²) in [7, 11) is 0. The van der Waals surface area contributed by atoms with E-state index in [1.807, 2.05) is 0 Å². The molecule has 3 aromatic rings. The smallest absolute Gasteiger partial charge is 0.416 e. The van der Waals surface area contributed by atoms with Gasteiger partial charge in [-0.3, -0.25) is 5.32 Å². The van der Waals surface area contributed by atoms with E-state index in [1.165, 1.54) is 6.07 Å². The van der Waals surface area contributed by atoms with Gasteiger partial charge in [0.25, 0.3) is 0 Å². The molecule has 0 saturated carbocycles. The third-order valence-corrected chi connectivity index (χ3v) is 4.20. The highest BCUT2D eigenvalue weighted by Gasteiger charge is 2.30. The first kappa shape index (κ1) is 18.7. The summed E-state index contributed by atoms with van der Waals surface area (Å²) < 4.78 is 43.9. The van der Waals surface area contributed by atoms with E-state index < -0.39 is 11.7 Å². The van der Waals surface area contributed by atoms with Gasteiger partial charge in [0.15, 0.2) is 0 Å². The summed E-state index contributed by atoms with van der Waals surface area (Å²) in [5.41, 5.74) is 1.52. The molecule has 0 saturated heterocycles. The minimum atomic E-state index is -4.41. The second kappa shape index (κ2) is 6.90. The Balaban J connectivity index is 1.79. The van der Waals surface area contributed by atoms with Crippen LogP contribution in [0.5, 0.6) is 5.75 Å². The van der Waals surface area contributed by atoms with E-state index in [9.17, 15) is 18.3 Å². The highest BCUT2D eigenvalue weighted by Crippen LogP contribution is 2.31. The topological polar surface area (TPSA) is 84.1 Å². The van der Waals surface area contributed by atoms with Gasteiger partial charge < -0.3 is 9.52 Å². The van der Waals surface area contributed by atoms with E-state index in [0.29, 0.717) is 22.6 Å². The van der Waals surface area contributed by atoms with Gasteiger partial charge in [-0.2, -0.15) is 13.2 Å². The highest BCUT2D eigenvalue weighted by atomic mass is 19.4. The first-order chi connectivity index (χ1) is 12.6. The molecule has 0 spiro atoms. The second-order valence-electron chi connectivity index (χ2n) is 6.15. The van der Waals surface area contributed by atoms with E-state index >= 15 is 0 Å². The predicted molar refractivity (Wildman–Crippen MR) is 91.9 cm³/mol. The minimum Gasteiger partial charge on any atom is -0.506 e. The molecule has 0 fully saturated rings. The Labute approximate surface area is 153 Å². The molecular weight excluding hydrogens is 361 g/mol. The summed E-state index contributed by atoms with van der Waals surface area (Å²) in [4.78, 5) is 4.25. The number of nitrogens with zero attached hydrogens (tertiary/aromatic N) is 3. The number of aromatic nitrogens is 3. The van der Waals surface area contributed by atoms with Crippen LogP contribution in [0.15, 0.2) is 28.7 Å². The van der Waals surface area contributed by atoms with Gasteiger partial charge in [-0.1, -0.05) is 23.3 Å². The number of alkyl halides is 3. The van der Waals surface area contributed by atoms with Crippen LogP contribution in [0.1, 0.15) is 33.8 Å². The summed E-state index contributed by atoms with van der Waals surface area (Å²) in [5, 5.41) is 20.5. The van der Waals surface area contributed by atoms with Crippen molar-refractivity contribution in [3.05, 3.63) is 58.1 Å². The maximum atomic E-state index is 12.8. The Hall–Kier alpha value is -3.10. The molecular formula is C18H17F3N4O2. The number of hydrogen-bond acceptors (Lipinski definition) is 6. The molecule has 0 atom stereocenters. The molecule has 0 aliphatic carbocycles. The fourth-order valence-corrected chi connectivity index (χ4v) is 2.56. The molecule has 6 nitrogen and oxygen atoms in total. The second-order valence-corrected chi connectivity index (χ2v) is 6.15. The van der Waals surface area contributed by atoms with Gasteiger partial charge in [0.05, 0.1) is 17.7 Å². The van der Waals surface area contributed by atoms with Gasteiger partial charge >= 0.3 is 12.2 Å². The van der Waals surface area contributed by atoms with Crippen LogP contribution in [0, 0.1) is 20.8 Å². The van der Waals surface area contributed by atoms with Crippen molar-refractivity contribution in [1.29, 1.82) is 0 Å². The third kappa shape index (κ3) is 4.02. The average Bonchev–Trinajstić information content (AvgIpc) is 3.04. The molecule has 2 aromatic heterocycles. The molecule has 0 aliphatic rings. The number of halogens is 3. The van der Waals surface area contributed by atoms with Crippen molar-refractivity contribution in [2.75, 3.05) is 5.32 Å². The lowest BCUT2D eigenvalue weighted by Gasteiger charge is -2.11. The van der Waals surface area contributed by atoms with Gasteiger partial charge in [0.2, 0.25) is 5.89 Å². The lowest BCUT2D eigenvalue weighted by Crippen LogP contribution is -2.05. The van der Waals surface area contributed by atoms with Crippen LogP contribution in [0.25, 0.3) is 0 Å². The van der Waals surface area contributed by atoms with Crippen LogP contribution in [0.2, 0.25) is 0 Å². The Morgan fingerprint density at radius 3 is 2.56 bits per heavy atom. The molecule has 3 rings (SSSR count). The first-order valence-corrected chi connectivity index (χ1v) is 8.07. The fraction of sp³-hybridized carbons (Fsp3) is 0.278. The van der Waals surface area contributed by atoms with Crippen molar-refractivity contribution in [2.45, 2.75) is 33.4 Å². The van der Waals surface area contributed by atoms with E-state index in [1.54, 1.807) is 26.8 Å². The Bertz CT molecular complexity index is 983. The number of pyridine rings is 1. The molecule has 27 heavy (non-hydrogen) atoms. The summed E-state index contributed by atoms with van der Waals surface area (Å²) in [6.45, 7) is 5.21. The average molecular weight is 378 g/mol. The Morgan fingerprint density at radius 2 is 1.85 bits per heavy atom. The summed E-state index contributed by atoms with van der Waals surface area (Å²) in [5.74, 6) is 0.743. The van der Waals surface area contributed by atoms with Crippen LogP contribution in [-0.2, 0) is 12.6 Å². The molecule has 0 aliphatic heterocycles. The van der Waals surface area contributed by atoms with Crippen molar-refractivity contribution in [3.8, 4) is 5.75 Å². The zero-order valence-corrected chi connectivity index (χ0v) is 14.8. The molecule has 0 radical (unpaired) electrons. The van der Waals surface area contributed by atoms with Crippen LogP contribution in [0.4, 0.5) is 25.0 Å². The van der Waals surface area contributed by atoms with Crippen LogP contribution < -0.4 is 5.32 Å². The Kier molecular flexibility index (Phi) is 4.77. The fourth-order valence-electron chi connectivity index (χ4n) is 2.56. The monoisotopic (exact) mass is 378 g/mol. The maximum Gasteiger partial charge on any atom is 0.416 e. The molecule has 1 aromatic carbocycles. The number of hydrogen-bond donors (Lipinski definition) is 2. The minimum absolute atomic E-state index is 0.0667. The molecule has 2 heterocycles. The van der Waals surface area contributed by atoms with Crippen LogP contribution in [-0.4, -0.2) is 20.3 Å². The largest absolute Gasteiger partial charge is 0.506 e. The highest BCUT2D eigenvalue weighted by molar-refractivity contribution is 5.58. The standard InChI is InChI=1S/C18H17F3N4O2/c1-9-10(2)16(22-11(3)15(9)26)23-17-25-24-14(27-17)8-12-5-4-6-13(7-12)18(19,20)21/h4-7,26H,8H2,1-3H3,(H,22,23,25). The predicted octanol–water partition coefficient (Wildman–Crippen LogP) is 4.45. The lowest BCUT2D eigenvalue weighted by atomic mass is 10.1. The zero-order chi connectivity index (χ0) is 19.8. The van der Waals surface area contributed by atoms with Crippen molar-refractivity contribution < 1.29 is 22.7 Å². The van der Waals surface area contributed by atoms with Crippen LogP contribution >= 0.6 is 0 Å². The molecule has 9 heteroatoms. The number of anilines is 2. The third-order valence-electron chi connectivity index (χ3n) is 4.20. The van der Waals surface area contributed by atoms with E-state index in [4.69, 9.17) is 4.42 Å². The maximum absolute atomic E-state index is 12.8. The normalized spacial score (nSPS) is 11.6. The zero-order valence-electron chi connectivity index (χ0n) is 14.8. The molecule has 142 valence electrons. The lowest BCUT2D eigenvalue weighted by molar-refractivity contribution is -0.137. The number of aromatic hydroxyl groups is 1. The van der Waals surface area contributed by atoms with E-state index in [2.05, 4.69) is 20.5 Å². The molecule has 0 bridgehead atoms. The molecule has 2 N–H and O–H groups in total. The summed E-state index contributed by atoms with van der Waals surface area (Å²) in [6.07, 6.45) is -4.34. The summed E-state index contributed by atoms with van der Waals surface area (Å²) in [6, 6.07) is 5.02. The van der Waals surface area contributed by atoms with Gasteiger partial charge in [-0.25, -0.2) is 4.98 Å². The van der Waals surface area contributed by atoms with Crippen molar-refractivity contribution in [2.24, 2.45) is 0 Å². The van der Waals surface area contributed by atoms with Gasteiger partial charge in [-0.15, -0.1) is 5.10 Å². The molecule has 0 unspecified atom stereocenters. The van der Waals surface area contributed by atoms with Crippen molar-refractivity contribution in [1.82, 2.24) is 15.2 Å². The SMILES string of the molecule is Cc1nc(Nc2nnc(Cc3cccc(C(F)(F)F)c3)o2)c(C)c(C)c1O. The van der Waals surface area contributed by atoms with Crippen molar-refractivity contribution >= 4 is 11.8 Å². The number of aryl methyl sites for hydroxylation is 1. The van der Waals surface area contributed by atoms with Crippen molar-refractivity contribution in [3.63, 3.8) is 0 Å². The number of benzene rings is 1. The van der Waals surface area contributed by atoms with Gasteiger partial charge in [0, 0.05) is 0 Å². The number of nitrogens with one attached hydrogen (secondary N) is 1. The Morgan fingerprint density at radius 1 is 1.11 bits per heavy atom. The van der Waals surface area contributed by atoms with E-state index in [-0.39, 0.29) is 24.1 Å². The molecule has 0 amide bonds. The van der Waals surface area contributed by atoms with E-state index in [0.717, 1.165) is 17.7 Å². The number of rotatable bonds is 4. The first-order valence-electron chi connectivity index (χ1n) is 8.07. The van der Waals surface area contributed by atoms with Gasteiger partial charge in [0.1, 0.15) is 11.6 Å². The van der Waals surface area contributed by atoms with Crippen LogP contribution in [0.3, 0.4) is 0 Å². The van der Waals surface area contributed by atoms with Gasteiger partial charge in [-0.05, 0) is 43.5 Å².